The van der Waals surface area contributed by atoms with Crippen molar-refractivity contribution < 1.29 is 0 Å². The lowest BCUT2D eigenvalue weighted by Gasteiger charge is -2.30. The second-order valence-electron chi connectivity index (χ2n) is 5.67. The Morgan fingerprint density at radius 1 is 1.38 bits per heavy atom. The van der Waals surface area contributed by atoms with Gasteiger partial charge < -0.3 is 10.6 Å². The van der Waals surface area contributed by atoms with Crippen molar-refractivity contribution in [1.29, 1.82) is 0 Å². The third-order valence-corrected chi connectivity index (χ3v) is 4.20. The largest absolute Gasteiger partial charge is 0.340 e. The van der Waals surface area contributed by atoms with E-state index in [1.165, 1.54) is 0 Å². The second-order valence-corrected chi connectivity index (χ2v) is 5.67. The first-order chi connectivity index (χ1) is 10.2. The van der Waals surface area contributed by atoms with Gasteiger partial charge in [0.1, 0.15) is 0 Å². The number of hydrogen-bond acceptors (Lipinski definition) is 5. The first-order valence-electron chi connectivity index (χ1n) is 7.61. The lowest BCUT2D eigenvalue weighted by Crippen LogP contribution is -2.36. The number of nitrogens with two attached hydrogens (primary N) is 1. The molecule has 0 radical (unpaired) electrons. The molecule has 114 valence electrons. The van der Waals surface area contributed by atoms with E-state index in [2.05, 4.69) is 32.1 Å². The summed E-state index contributed by atoms with van der Waals surface area (Å²) < 4.78 is 1.82. The monoisotopic (exact) mass is 289 g/mol. The van der Waals surface area contributed by atoms with E-state index in [0.717, 1.165) is 61.9 Å². The van der Waals surface area contributed by atoms with Crippen molar-refractivity contribution in [3.05, 3.63) is 11.9 Å². The van der Waals surface area contributed by atoms with Crippen molar-refractivity contribution in [2.75, 3.05) is 24.5 Å². The van der Waals surface area contributed by atoms with Gasteiger partial charge in [0.2, 0.25) is 5.95 Å². The Morgan fingerprint density at radius 2 is 2.14 bits per heavy atom. The molecule has 0 amide bonds. The SMILES string of the molecule is CCc1nn(C)cc1-c1nc(N2CCC(CN)CC2)n[nH]1. The minimum absolute atomic E-state index is 0.643. The molecule has 7 nitrogen and oxygen atoms in total. The molecule has 1 aliphatic rings. The van der Waals surface area contributed by atoms with Crippen molar-refractivity contribution in [3.8, 4) is 11.4 Å². The summed E-state index contributed by atoms with van der Waals surface area (Å²) in [6.45, 7) is 4.84. The van der Waals surface area contributed by atoms with Gasteiger partial charge in [-0.3, -0.25) is 9.78 Å². The molecule has 0 aromatic carbocycles. The van der Waals surface area contributed by atoms with Gasteiger partial charge in [0.15, 0.2) is 5.82 Å². The highest BCUT2D eigenvalue weighted by atomic mass is 15.4. The molecule has 0 saturated carbocycles. The summed E-state index contributed by atoms with van der Waals surface area (Å²) in [7, 11) is 1.93. The maximum atomic E-state index is 5.74. The van der Waals surface area contributed by atoms with Gasteiger partial charge in [0, 0.05) is 26.3 Å². The van der Waals surface area contributed by atoms with Crippen LogP contribution in [0.2, 0.25) is 0 Å². The number of rotatable bonds is 4. The number of nitrogens with one attached hydrogen (secondary N) is 1. The Kier molecular flexibility index (Phi) is 3.92. The van der Waals surface area contributed by atoms with Crippen LogP contribution in [-0.2, 0) is 13.5 Å². The average molecular weight is 289 g/mol. The molecule has 0 atom stereocenters. The highest BCUT2D eigenvalue weighted by Gasteiger charge is 2.22. The maximum Gasteiger partial charge on any atom is 0.245 e. The molecule has 3 heterocycles. The minimum atomic E-state index is 0.643. The Labute approximate surface area is 124 Å². The smallest absolute Gasteiger partial charge is 0.245 e. The van der Waals surface area contributed by atoms with Gasteiger partial charge >= 0.3 is 0 Å². The van der Waals surface area contributed by atoms with Crippen LogP contribution in [0.25, 0.3) is 11.4 Å². The van der Waals surface area contributed by atoms with Gasteiger partial charge in [-0.05, 0) is 31.7 Å². The zero-order chi connectivity index (χ0) is 14.8. The van der Waals surface area contributed by atoms with Gasteiger partial charge in [-0.15, -0.1) is 5.10 Å². The molecule has 1 aliphatic heterocycles. The third-order valence-electron chi connectivity index (χ3n) is 4.20. The first-order valence-corrected chi connectivity index (χ1v) is 7.61. The molecule has 0 bridgehead atoms. The Hall–Kier alpha value is -1.89. The van der Waals surface area contributed by atoms with Gasteiger partial charge in [0.05, 0.1) is 11.3 Å². The minimum Gasteiger partial charge on any atom is -0.340 e. The van der Waals surface area contributed by atoms with E-state index < -0.39 is 0 Å². The highest BCUT2D eigenvalue weighted by Crippen LogP contribution is 2.24. The van der Waals surface area contributed by atoms with Crippen LogP contribution in [0.5, 0.6) is 0 Å². The number of piperidine rings is 1. The van der Waals surface area contributed by atoms with E-state index in [0.29, 0.717) is 5.92 Å². The fourth-order valence-corrected chi connectivity index (χ4v) is 2.88. The van der Waals surface area contributed by atoms with Crippen LogP contribution in [0, 0.1) is 5.92 Å². The van der Waals surface area contributed by atoms with Gasteiger partial charge in [-0.1, -0.05) is 6.92 Å². The molecular formula is C14H23N7. The van der Waals surface area contributed by atoms with E-state index in [-0.39, 0.29) is 0 Å². The van der Waals surface area contributed by atoms with Crippen LogP contribution >= 0.6 is 0 Å². The average Bonchev–Trinajstić information content (AvgIpc) is 3.13. The van der Waals surface area contributed by atoms with Crippen molar-refractivity contribution in [1.82, 2.24) is 25.0 Å². The standard InChI is InChI=1S/C14H23N7/c1-3-12-11(9-20(2)19-12)13-16-14(18-17-13)21-6-4-10(8-15)5-7-21/h9-10H,3-8,15H2,1-2H3,(H,16,17,18). The van der Waals surface area contributed by atoms with Gasteiger partial charge in [0.25, 0.3) is 0 Å². The Balaban J connectivity index is 1.77. The van der Waals surface area contributed by atoms with Crippen LogP contribution in [0.4, 0.5) is 5.95 Å². The number of aryl methyl sites for hydroxylation is 2. The van der Waals surface area contributed by atoms with Crippen molar-refractivity contribution in [2.24, 2.45) is 18.7 Å². The van der Waals surface area contributed by atoms with Gasteiger partial charge in [-0.2, -0.15) is 10.1 Å². The van der Waals surface area contributed by atoms with Crippen molar-refractivity contribution >= 4 is 5.95 Å². The van der Waals surface area contributed by atoms with E-state index >= 15 is 0 Å². The number of aromatic nitrogens is 5. The van der Waals surface area contributed by atoms with Crippen LogP contribution in [0.3, 0.4) is 0 Å². The maximum absolute atomic E-state index is 5.74. The molecule has 7 heteroatoms. The predicted molar refractivity (Wildman–Crippen MR) is 82.0 cm³/mol. The number of anilines is 1. The predicted octanol–water partition coefficient (Wildman–Crippen LogP) is 0.943. The molecule has 0 spiro atoms. The number of aromatic amines is 1. The van der Waals surface area contributed by atoms with Crippen molar-refractivity contribution in [2.45, 2.75) is 26.2 Å². The molecule has 0 unspecified atom stereocenters. The third kappa shape index (κ3) is 2.78. The summed E-state index contributed by atoms with van der Waals surface area (Å²) >= 11 is 0. The van der Waals surface area contributed by atoms with Crippen molar-refractivity contribution in [3.63, 3.8) is 0 Å². The van der Waals surface area contributed by atoms with E-state index in [1.54, 1.807) is 0 Å². The second kappa shape index (κ2) is 5.85. The quantitative estimate of drug-likeness (QED) is 0.874. The number of H-pyrrole nitrogens is 1. The highest BCUT2D eigenvalue weighted by molar-refractivity contribution is 5.58. The summed E-state index contributed by atoms with van der Waals surface area (Å²) in [5.41, 5.74) is 7.82. The van der Waals surface area contributed by atoms with Crippen LogP contribution in [0.1, 0.15) is 25.5 Å². The molecule has 1 fully saturated rings. The molecule has 2 aromatic heterocycles. The molecule has 0 aliphatic carbocycles. The summed E-state index contributed by atoms with van der Waals surface area (Å²) in [6.07, 6.45) is 5.11. The Bertz CT molecular complexity index is 592. The van der Waals surface area contributed by atoms with Crippen LogP contribution in [-0.4, -0.2) is 44.6 Å². The van der Waals surface area contributed by atoms with Crippen LogP contribution < -0.4 is 10.6 Å². The summed E-state index contributed by atoms with van der Waals surface area (Å²) in [4.78, 5) is 6.88. The number of hydrogen-bond donors (Lipinski definition) is 2. The molecule has 21 heavy (non-hydrogen) atoms. The Morgan fingerprint density at radius 3 is 2.81 bits per heavy atom. The fourth-order valence-electron chi connectivity index (χ4n) is 2.88. The molecular weight excluding hydrogens is 266 g/mol. The lowest BCUT2D eigenvalue weighted by atomic mass is 9.97. The fraction of sp³-hybridized carbons (Fsp3) is 0.643. The molecule has 2 aromatic rings. The number of nitrogens with zero attached hydrogens (tertiary/aromatic N) is 5. The van der Waals surface area contributed by atoms with Crippen LogP contribution in [0.15, 0.2) is 6.20 Å². The lowest BCUT2D eigenvalue weighted by molar-refractivity contribution is 0.411. The summed E-state index contributed by atoms with van der Waals surface area (Å²) in [6, 6.07) is 0. The van der Waals surface area contributed by atoms with E-state index in [1.807, 2.05) is 17.9 Å². The van der Waals surface area contributed by atoms with E-state index in [4.69, 9.17) is 5.73 Å². The molecule has 3 N–H and O–H groups in total. The summed E-state index contributed by atoms with van der Waals surface area (Å²) in [5.74, 6) is 2.23. The first kappa shape index (κ1) is 14.1. The zero-order valence-corrected chi connectivity index (χ0v) is 12.7. The van der Waals surface area contributed by atoms with Gasteiger partial charge in [-0.25, -0.2) is 0 Å². The molecule has 1 saturated heterocycles. The molecule has 3 rings (SSSR count). The normalized spacial score (nSPS) is 16.6. The summed E-state index contributed by atoms with van der Waals surface area (Å²) in [5, 5.41) is 11.9. The topological polar surface area (TPSA) is 88.7 Å². The van der Waals surface area contributed by atoms with E-state index in [9.17, 15) is 0 Å². The zero-order valence-electron chi connectivity index (χ0n) is 12.7.